The molecule has 19 heavy (non-hydrogen) atoms. The highest BCUT2D eigenvalue weighted by Crippen LogP contribution is 2.42. The van der Waals surface area contributed by atoms with E-state index < -0.39 is 0 Å². The van der Waals surface area contributed by atoms with Gasteiger partial charge in [0.15, 0.2) is 5.82 Å². The summed E-state index contributed by atoms with van der Waals surface area (Å²) in [5.41, 5.74) is -0.146. The predicted molar refractivity (Wildman–Crippen MR) is 72.9 cm³/mol. The van der Waals surface area contributed by atoms with E-state index in [-0.39, 0.29) is 5.54 Å². The summed E-state index contributed by atoms with van der Waals surface area (Å²) in [7, 11) is 0. The van der Waals surface area contributed by atoms with E-state index in [4.69, 9.17) is 4.52 Å². The maximum absolute atomic E-state index is 5.50. The van der Waals surface area contributed by atoms with Crippen molar-refractivity contribution in [3.8, 4) is 0 Å². The first-order valence-corrected chi connectivity index (χ1v) is 7.39. The van der Waals surface area contributed by atoms with Crippen molar-refractivity contribution < 1.29 is 4.52 Å². The molecule has 0 bridgehead atoms. The van der Waals surface area contributed by atoms with Gasteiger partial charge in [-0.15, -0.1) is 0 Å². The molecule has 1 unspecified atom stereocenters. The van der Waals surface area contributed by atoms with Crippen molar-refractivity contribution in [2.75, 3.05) is 26.2 Å². The van der Waals surface area contributed by atoms with Gasteiger partial charge in [-0.2, -0.15) is 4.98 Å². The van der Waals surface area contributed by atoms with Gasteiger partial charge in [0, 0.05) is 32.1 Å². The van der Waals surface area contributed by atoms with Crippen molar-refractivity contribution in [1.29, 1.82) is 0 Å². The zero-order valence-electron chi connectivity index (χ0n) is 12.1. The van der Waals surface area contributed by atoms with Crippen LogP contribution in [0, 0.1) is 5.92 Å². The van der Waals surface area contributed by atoms with Gasteiger partial charge in [-0.25, -0.2) is 0 Å². The number of rotatable bonds is 4. The van der Waals surface area contributed by atoms with Crippen LogP contribution in [-0.2, 0) is 5.54 Å². The Balaban J connectivity index is 1.76. The predicted octanol–water partition coefficient (Wildman–Crippen LogP) is 1.72. The van der Waals surface area contributed by atoms with Crippen molar-refractivity contribution in [2.45, 2.75) is 45.1 Å². The summed E-state index contributed by atoms with van der Waals surface area (Å²) in [6, 6.07) is 0. The van der Waals surface area contributed by atoms with Crippen LogP contribution in [0.1, 0.15) is 51.2 Å². The Bertz CT molecular complexity index is 432. The minimum Gasteiger partial charge on any atom is -0.339 e. The smallest absolute Gasteiger partial charge is 0.229 e. The zero-order chi connectivity index (χ0) is 13.5. The Kier molecular flexibility index (Phi) is 3.35. The van der Waals surface area contributed by atoms with Gasteiger partial charge < -0.3 is 9.84 Å². The molecule has 1 atom stereocenters. The lowest BCUT2D eigenvalue weighted by Crippen LogP contribution is -2.52. The second-order valence-electron chi connectivity index (χ2n) is 6.38. The second-order valence-corrected chi connectivity index (χ2v) is 6.38. The molecule has 5 nitrogen and oxygen atoms in total. The first kappa shape index (κ1) is 13.1. The molecule has 3 rings (SSSR count). The molecule has 0 amide bonds. The van der Waals surface area contributed by atoms with Crippen LogP contribution in [0.25, 0.3) is 0 Å². The lowest BCUT2D eigenvalue weighted by Gasteiger charge is -2.38. The molecular formula is C14H24N4O. The standard InChI is InChI=1S/C14H24N4O/c1-10(11-4-5-11)12-16-13(17-19-12)14(2,3)18-8-6-15-7-9-18/h10-11,15H,4-9H2,1-3H3. The molecule has 0 radical (unpaired) electrons. The summed E-state index contributed by atoms with van der Waals surface area (Å²) in [6.45, 7) is 10.7. The molecule has 1 aromatic heterocycles. The van der Waals surface area contributed by atoms with E-state index in [1.807, 2.05) is 0 Å². The molecule has 2 aliphatic rings. The first-order chi connectivity index (χ1) is 9.09. The largest absolute Gasteiger partial charge is 0.339 e. The van der Waals surface area contributed by atoms with Gasteiger partial charge in [0.2, 0.25) is 5.89 Å². The van der Waals surface area contributed by atoms with E-state index in [0.717, 1.165) is 43.8 Å². The number of nitrogens with one attached hydrogen (secondary N) is 1. The number of aromatic nitrogens is 2. The molecule has 1 saturated heterocycles. The summed E-state index contributed by atoms with van der Waals surface area (Å²) < 4.78 is 5.50. The average Bonchev–Trinajstić information content (AvgIpc) is 3.15. The van der Waals surface area contributed by atoms with E-state index in [2.05, 4.69) is 41.1 Å². The van der Waals surface area contributed by atoms with Crippen LogP contribution in [0.4, 0.5) is 0 Å². The van der Waals surface area contributed by atoms with Crippen LogP contribution in [-0.4, -0.2) is 41.2 Å². The molecule has 1 aromatic rings. The molecule has 2 fully saturated rings. The quantitative estimate of drug-likeness (QED) is 0.897. The Morgan fingerprint density at radius 2 is 2.00 bits per heavy atom. The minimum absolute atomic E-state index is 0.146. The highest BCUT2D eigenvalue weighted by Gasteiger charge is 2.37. The summed E-state index contributed by atoms with van der Waals surface area (Å²) >= 11 is 0. The summed E-state index contributed by atoms with van der Waals surface area (Å²) in [4.78, 5) is 7.11. The van der Waals surface area contributed by atoms with Crippen molar-refractivity contribution in [2.24, 2.45) is 5.92 Å². The van der Waals surface area contributed by atoms with Gasteiger partial charge >= 0.3 is 0 Å². The number of hydrogen-bond acceptors (Lipinski definition) is 5. The third kappa shape index (κ3) is 2.54. The third-order valence-electron chi connectivity index (χ3n) is 4.62. The summed E-state index contributed by atoms with van der Waals surface area (Å²) in [5.74, 6) is 2.83. The van der Waals surface area contributed by atoms with E-state index in [0.29, 0.717) is 5.92 Å². The number of nitrogens with zero attached hydrogens (tertiary/aromatic N) is 3. The van der Waals surface area contributed by atoms with E-state index in [1.54, 1.807) is 0 Å². The minimum atomic E-state index is -0.146. The lowest BCUT2D eigenvalue weighted by molar-refractivity contribution is 0.0924. The van der Waals surface area contributed by atoms with Gasteiger partial charge in [0.25, 0.3) is 0 Å². The molecule has 1 aliphatic heterocycles. The van der Waals surface area contributed by atoms with Gasteiger partial charge in [0.1, 0.15) is 0 Å². The monoisotopic (exact) mass is 264 g/mol. The maximum Gasteiger partial charge on any atom is 0.229 e. The van der Waals surface area contributed by atoms with Crippen LogP contribution >= 0.6 is 0 Å². The molecule has 1 N–H and O–H groups in total. The fourth-order valence-corrected chi connectivity index (χ4v) is 2.83. The van der Waals surface area contributed by atoms with Crippen molar-refractivity contribution >= 4 is 0 Å². The lowest BCUT2D eigenvalue weighted by atomic mass is 10.0. The van der Waals surface area contributed by atoms with Crippen LogP contribution in [0.5, 0.6) is 0 Å². The maximum atomic E-state index is 5.50. The van der Waals surface area contributed by atoms with Crippen LogP contribution in [0.2, 0.25) is 0 Å². The number of piperazine rings is 1. The Labute approximate surface area is 114 Å². The average molecular weight is 264 g/mol. The highest BCUT2D eigenvalue weighted by atomic mass is 16.5. The normalized spacial score (nSPS) is 23.5. The van der Waals surface area contributed by atoms with E-state index in [1.165, 1.54) is 12.8 Å². The van der Waals surface area contributed by atoms with Crippen LogP contribution in [0.15, 0.2) is 4.52 Å². The van der Waals surface area contributed by atoms with Crippen molar-refractivity contribution in [3.63, 3.8) is 0 Å². The molecule has 1 aliphatic carbocycles. The van der Waals surface area contributed by atoms with E-state index in [9.17, 15) is 0 Å². The Hall–Kier alpha value is -0.940. The van der Waals surface area contributed by atoms with E-state index >= 15 is 0 Å². The summed E-state index contributed by atoms with van der Waals surface area (Å²) in [5, 5.41) is 7.63. The topological polar surface area (TPSA) is 54.2 Å². The molecular weight excluding hydrogens is 240 g/mol. The molecule has 0 spiro atoms. The molecule has 1 saturated carbocycles. The van der Waals surface area contributed by atoms with Crippen molar-refractivity contribution in [1.82, 2.24) is 20.4 Å². The molecule has 0 aromatic carbocycles. The number of hydrogen-bond donors (Lipinski definition) is 1. The zero-order valence-corrected chi connectivity index (χ0v) is 12.1. The second kappa shape index (κ2) is 4.87. The molecule has 106 valence electrons. The van der Waals surface area contributed by atoms with Gasteiger partial charge in [-0.1, -0.05) is 12.1 Å². The third-order valence-corrected chi connectivity index (χ3v) is 4.62. The van der Waals surface area contributed by atoms with Gasteiger partial charge in [0.05, 0.1) is 5.54 Å². The molecule has 5 heteroatoms. The summed E-state index contributed by atoms with van der Waals surface area (Å²) in [6.07, 6.45) is 2.61. The van der Waals surface area contributed by atoms with Crippen LogP contribution < -0.4 is 5.32 Å². The Morgan fingerprint density at radius 1 is 1.32 bits per heavy atom. The SMILES string of the molecule is CC(c1nc(C(C)(C)N2CCNCC2)no1)C1CC1. The van der Waals surface area contributed by atoms with Crippen LogP contribution in [0.3, 0.4) is 0 Å². The fourth-order valence-electron chi connectivity index (χ4n) is 2.83. The Morgan fingerprint density at radius 3 is 2.63 bits per heavy atom. The van der Waals surface area contributed by atoms with Gasteiger partial charge in [-0.05, 0) is 32.6 Å². The fraction of sp³-hybridized carbons (Fsp3) is 0.857. The van der Waals surface area contributed by atoms with Gasteiger partial charge in [-0.3, -0.25) is 4.90 Å². The first-order valence-electron chi connectivity index (χ1n) is 7.39. The molecule has 2 heterocycles. The van der Waals surface area contributed by atoms with Crippen molar-refractivity contribution in [3.05, 3.63) is 11.7 Å². The highest BCUT2D eigenvalue weighted by molar-refractivity contribution is 5.06.